The number of benzene rings is 2. The minimum atomic E-state index is -4.05. The Morgan fingerprint density at radius 2 is 1.91 bits per heavy atom. The van der Waals surface area contributed by atoms with E-state index in [2.05, 4.69) is 15.3 Å². The molecule has 3 aromatic rings. The summed E-state index contributed by atoms with van der Waals surface area (Å²) in [7, 11) is -2.20. The molecule has 1 aromatic heterocycles. The zero-order chi connectivity index (χ0) is 24.7. The van der Waals surface area contributed by atoms with Crippen molar-refractivity contribution in [2.24, 2.45) is 0 Å². The van der Waals surface area contributed by atoms with Crippen LogP contribution >= 0.6 is 0 Å². The third-order valence-corrected chi connectivity index (χ3v) is 7.95. The van der Waals surface area contributed by atoms with E-state index >= 15 is 0 Å². The number of nitrogens with one attached hydrogen (secondary N) is 1. The standard InChI is InChI=1S/C22H23N7O5S/c1-27(11-14-2-4-15(23)5-3-14)21-19-20(25-13-26-21)24-10-17-12-34-22(19)28(17)35(32,33)18-8-6-16(7-9-18)29(30)31/h2-9,13,17,22H,10-12,23H2,1H3,(H,24,25,26)/t17-,22-/m0/s1. The Morgan fingerprint density at radius 3 is 2.60 bits per heavy atom. The second-order valence-corrected chi connectivity index (χ2v) is 10.2. The van der Waals surface area contributed by atoms with Crippen molar-refractivity contribution in [2.45, 2.75) is 23.7 Å². The molecule has 2 bridgehead atoms. The molecule has 2 aromatic carbocycles. The average molecular weight is 498 g/mol. The molecule has 3 N–H and O–H groups in total. The average Bonchev–Trinajstić information content (AvgIpc) is 3.20. The van der Waals surface area contributed by atoms with Gasteiger partial charge in [0.2, 0.25) is 10.0 Å². The van der Waals surface area contributed by atoms with Crippen LogP contribution in [0.15, 0.2) is 59.8 Å². The summed E-state index contributed by atoms with van der Waals surface area (Å²) in [5, 5.41) is 14.2. The van der Waals surface area contributed by atoms with Crippen LogP contribution in [0.4, 0.5) is 23.0 Å². The first kappa shape index (κ1) is 23.0. The van der Waals surface area contributed by atoms with E-state index < -0.39 is 27.2 Å². The van der Waals surface area contributed by atoms with E-state index in [0.717, 1.165) is 5.56 Å². The first-order chi connectivity index (χ1) is 16.8. The highest BCUT2D eigenvalue weighted by atomic mass is 32.2. The van der Waals surface area contributed by atoms with Gasteiger partial charge in [0.15, 0.2) is 6.23 Å². The van der Waals surface area contributed by atoms with Crippen molar-refractivity contribution in [1.29, 1.82) is 0 Å². The molecule has 35 heavy (non-hydrogen) atoms. The summed E-state index contributed by atoms with van der Waals surface area (Å²) in [6, 6.07) is 11.8. The normalized spacial score (nSPS) is 19.5. The molecule has 0 unspecified atom stereocenters. The summed E-state index contributed by atoms with van der Waals surface area (Å²) in [5.74, 6) is 1.02. The van der Waals surface area contributed by atoms with Gasteiger partial charge >= 0.3 is 0 Å². The fourth-order valence-electron chi connectivity index (χ4n) is 4.33. The smallest absolute Gasteiger partial charge is 0.269 e. The molecule has 1 fully saturated rings. The van der Waals surface area contributed by atoms with Crippen LogP contribution in [0.1, 0.15) is 17.4 Å². The number of hydrogen-bond acceptors (Lipinski definition) is 10. The molecule has 0 aliphatic carbocycles. The molecule has 1 saturated heterocycles. The molecule has 0 saturated carbocycles. The second kappa shape index (κ2) is 8.76. The van der Waals surface area contributed by atoms with E-state index in [-0.39, 0.29) is 23.7 Å². The van der Waals surface area contributed by atoms with Gasteiger partial charge in [-0.2, -0.15) is 4.31 Å². The molecule has 5 rings (SSSR count). The maximum atomic E-state index is 13.7. The largest absolute Gasteiger partial charge is 0.399 e. The van der Waals surface area contributed by atoms with Crippen LogP contribution < -0.4 is 16.0 Å². The Kier molecular flexibility index (Phi) is 5.75. The third kappa shape index (κ3) is 4.13. The lowest BCUT2D eigenvalue weighted by Crippen LogP contribution is -2.40. The van der Waals surface area contributed by atoms with E-state index in [4.69, 9.17) is 10.5 Å². The molecule has 0 radical (unpaired) electrons. The Bertz CT molecular complexity index is 1370. The van der Waals surface area contributed by atoms with Crippen molar-refractivity contribution in [3.8, 4) is 0 Å². The fraction of sp³-hybridized carbons (Fsp3) is 0.273. The van der Waals surface area contributed by atoms with Gasteiger partial charge in [-0.25, -0.2) is 18.4 Å². The van der Waals surface area contributed by atoms with Crippen molar-refractivity contribution in [1.82, 2.24) is 14.3 Å². The number of nitrogen functional groups attached to an aromatic ring is 1. The van der Waals surface area contributed by atoms with E-state index in [0.29, 0.717) is 29.4 Å². The predicted molar refractivity (Wildman–Crippen MR) is 128 cm³/mol. The lowest BCUT2D eigenvalue weighted by atomic mass is 10.1. The maximum absolute atomic E-state index is 13.7. The maximum Gasteiger partial charge on any atom is 0.269 e. The Hall–Kier alpha value is -3.81. The SMILES string of the molecule is CN(Cc1ccc(N)cc1)c1ncnc2c1[C@@H]1OC[C@H](CN2)N1S(=O)(=O)c1ccc([N+](=O)[O-])cc1. The number of nitro benzene ring substituents is 1. The highest BCUT2D eigenvalue weighted by Crippen LogP contribution is 2.44. The summed E-state index contributed by atoms with van der Waals surface area (Å²) in [6.45, 7) is 0.960. The van der Waals surface area contributed by atoms with Gasteiger partial charge in [-0.05, 0) is 29.8 Å². The van der Waals surface area contributed by atoms with E-state index in [1.54, 1.807) is 0 Å². The van der Waals surface area contributed by atoms with Gasteiger partial charge < -0.3 is 20.7 Å². The van der Waals surface area contributed by atoms with Crippen molar-refractivity contribution >= 4 is 33.0 Å². The lowest BCUT2D eigenvalue weighted by molar-refractivity contribution is -0.384. The topological polar surface area (TPSA) is 157 Å². The monoisotopic (exact) mass is 497 g/mol. The molecule has 0 spiro atoms. The van der Waals surface area contributed by atoms with Crippen molar-refractivity contribution in [3.05, 3.63) is 76.1 Å². The molecule has 182 valence electrons. The highest BCUT2D eigenvalue weighted by molar-refractivity contribution is 7.89. The number of hydrogen-bond donors (Lipinski definition) is 2. The number of nitro groups is 1. The first-order valence-electron chi connectivity index (χ1n) is 10.8. The Labute approximate surface area is 201 Å². The van der Waals surface area contributed by atoms with Crippen LogP contribution in [0.25, 0.3) is 0 Å². The molecule has 2 aliphatic rings. The molecule has 3 heterocycles. The number of aromatic nitrogens is 2. The van der Waals surface area contributed by atoms with Crippen molar-refractivity contribution in [3.63, 3.8) is 0 Å². The third-order valence-electron chi connectivity index (χ3n) is 6.04. The molecule has 2 atom stereocenters. The van der Waals surface area contributed by atoms with Crippen LogP contribution in [0, 0.1) is 10.1 Å². The van der Waals surface area contributed by atoms with Crippen LogP contribution in [-0.4, -0.2) is 53.9 Å². The van der Waals surface area contributed by atoms with Gasteiger partial charge in [-0.15, -0.1) is 0 Å². The van der Waals surface area contributed by atoms with Crippen LogP contribution in [0.5, 0.6) is 0 Å². The van der Waals surface area contributed by atoms with E-state index in [1.807, 2.05) is 36.2 Å². The second-order valence-electron chi connectivity index (χ2n) is 8.36. The summed E-state index contributed by atoms with van der Waals surface area (Å²) in [6.07, 6.45) is 0.463. The van der Waals surface area contributed by atoms with Gasteiger partial charge in [-0.1, -0.05) is 12.1 Å². The number of ether oxygens (including phenoxy) is 1. The highest BCUT2D eigenvalue weighted by Gasteiger charge is 2.48. The van der Waals surface area contributed by atoms with Gasteiger partial charge in [0.25, 0.3) is 5.69 Å². The summed E-state index contributed by atoms with van der Waals surface area (Å²) in [4.78, 5) is 21.1. The van der Waals surface area contributed by atoms with Gasteiger partial charge in [0, 0.05) is 38.0 Å². The van der Waals surface area contributed by atoms with Crippen LogP contribution in [0.2, 0.25) is 0 Å². The van der Waals surface area contributed by atoms with Crippen molar-refractivity contribution in [2.75, 3.05) is 36.1 Å². The number of sulfonamides is 1. The van der Waals surface area contributed by atoms with E-state index in [9.17, 15) is 18.5 Å². The van der Waals surface area contributed by atoms with Crippen LogP contribution in [-0.2, 0) is 21.3 Å². The number of nitrogens with two attached hydrogens (primary N) is 1. The number of fused-ring (bicyclic) bond motifs is 4. The van der Waals surface area contributed by atoms with E-state index in [1.165, 1.54) is 34.9 Å². The lowest BCUT2D eigenvalue weighted by Gasteiger charge is -2.28. The molecule has 2 aliphatic heterocycles. The Balaban J connectivity index is 1.53. The predicted octanol–water partition coefficient (Wildman–Crippen LogP) is 2.12. The summed E-state index contributed by atoms with van der Waals surface area (Å²) >= 11 is 0. The fourth-order valence-corrected chi connectivity index (χ4v) is 6.00. The van der Waals surface area contributed by atoms with Gasteiger partial charge in [-0.3, -0.25) is 10.1 Å². The number of anilines is 3. The molecule has 13 heteroatoms. The molecule has 0 amide bonds. The summed E-state index contributed by atoms with van der Waals surface area (Å²) < 4.78 is 34.7. The quantitative estimate of drug-likeness (QED) is 0.294. The molecular weight excluding hydrogens is 474 g/mol. The zero-order valence-electron chi connectivity index (χ0n) is 18.7. The zero-order valence-corrected chi connectivity index (χ0v) is 19.6. The van der Waals surface area contributed by atoms with Crippen molar-refractivity contribution < 1.29 is 18.1 Å². The summed E-state index contributed by atoms with van der Waals surface area (Å²) in [5.41, 5.74) is 7.77. The van der Waals surface area contributed by atoms with Gasteiger partial charge in [0.1, 0.15) is 18.0 Å². The Morgan fingerprint density at radius 1 is 1.20 bits per heavy atom. The molecule has 12 nitrogen and oxygen atoms in total. The molecular formula is C22H23N7O5S. The van der Waals surface area contributed by atoms with Crippen LogP contribution in [0.3, 0.4) is 0 Å². The minimum Gasteiger partial charge on any atom is -0.399 e. The number of non-ortho nitro benzene ring substituents is 1. The van der Waals surface area contributed by atoms with Gasteiger partial charge in [0.05, 0.1) is 28.0 Å². The minimum absolute atomic E-state index is 0.0549. The number of nitrogens with zero attached hydrogens (tertiary/aromatic N) is 5. The number of rotatable bonds is 6. The first-order valence-corrected chi connectivity index (χ1v) is 12.2.